The number of ether oxygens (including phenoxy) is 1. The minimum Gasteiger partial charge on any atom is -0.497 e. The number of nitrogens with zero attached hydrogens (tertiary/aromatic N) is 1. The van der Waals surface area contributed by atoms with Gasteiger partial charge < -0.3 is 9.84 Å². The Bertz CT molecular complexity index is 1060. The van der Waals surface area contributed by atoms with Crippen molar-refractivity contribution in [1.82, 2.24) is 4.98 Å². The van der Waals surface area contributed by atoms with Gasteiger partial charge in [-0.1, -0.05) is 13.8 Å². The van der Waals surface area contributed by atoms with Crippen LogP contribution in [0.15, 0.2) is 24.3 Å². The van der Waals surface area contributed by atoms with Gasteiger partial charge in [0.15, 0.2) is 0 Å². The van der Waals surface area contributed by atoms with Gasteiger partial charge in [0.1, 0.15) is 16.5 Å². The zero-order valence-corrected chi connectivity index (χ0v) is 20.1. The van der Waals surface area contributed by atoms with E-state index >= 15 is 0 Å². The molecule has 4 nitrogen and oxygen atoms in total. The Morgan fingerprint density at radius 2 is 1.88 bits per heavy atom. The van der Waals surface area contributed by atoms with Gasteiger partial charge in [0.05, 0.1) is 18.9 Å². The van der Waals surface area contributed by atoms with E-state index < -0.39 is 0 Å². The molecule has 3 saturated carbocycles. The highest BCUT2D eigenvalue weighted by Gasteiger charge is 2.62. The molecule has 170 valence electrons. The van der Waals surface area contributed by atoms with Crippen molar-refractivity contribution in [2.24, 2.45) is 28.6 Å². The summed E-state index contributed by atoms with van der Waals surface area (Å²) >= 11 is 1.78. The molecule has 5 heteroatoms. The molecule has 4 aliphatic rings. The summed E-state index contributed by atoms with van der Waals surface area (Å²) in [5.41, 5.74) is 2.26. The summed E-state index contributed by atoms with van der Waals surface area (Å²) < 4.78 is 5.31. The van der Waals surface area contributed by atoms with Crippen LogP contribution in [0, 0.1) is 28.6 Å². The maximum Gasteiger partial charge on any atom is 0.139 e. The van der Waals surface area contributed by atoms with Crippen LogP contribution in [0.1, 0.15) is 68.9 Å². The Balaban J connectivity index is 1.36. The SMILES string of the molecule is COc1ccc(-c2nc3c(s2)[C@@H]2[C@@H](O)C[C@@H]4[C@H](CC[C@]5(C)C(=O)CC[C@@H]45)[C@@]2(C)CC3)cc1. The number of fused-ring (bicyclic) bond motifs is 7. The second-order valence-electron chi connectivity index (χ2n) is 11.1. The van der Waals surface area contributed by atoms with Gasteiger partial charge in [-0.3, -0.25) is 4.79 Å². The number of hydrogen-bond acceptors (Lipinski definition) is 5. The van der Waals surface area contributed by atoms with Crippen molar-refractivity contribution in [3.8, 4) is 16.3 Å². The van der Waals surface area contributed by atoms with Crippen LogP contribution >= 0.6 is 11.3 Å². The van der Waals surface area contributed by atoms with Crippen molar-refractivity contribution in [3.63, 3.8) is 0 Å². The lowest BCUT2D eigenvalue weighted by Crippen LogP contribution is -2.56. The van der Waals surface area contributed by atoms with Gasteiger partial charge in [0, 0.05) is 28.2 Å². The lowest BCUT2D eigenvalue weighted by molar-refractivity contribution is -0.142. The first kappa shape index (κ1) is 20.9. The summed E-state index contributed by atoms with van der Waals surface area (Å²) in [6.45, 7) is 4.65. The third kappa shape index (κ3) is 2.76. The van der Waals surface area contributed by atoms with E-state index in [0.29, 0.717) is 23.5 Å². The standard InChI is InChI=1S/C27H33NO3S/c1-26-12-10-19-17(18(26)8-9-22(26)30)14-21(29)23-24-20(11-13-27(19,23)2)28-25(32-24)15-4-6-16(31-3)7-5-15/h4-7,17-19,21,23,29H,8-14H2,1-3H3/t17-,18-,19-,21-,23-,26-,27+/m0/s1. The van der Waals surface area contributed by atoms with E-state index in [9.17, 15) is 9.90 Å². The molecule has 0 unspecified atom stereocenters. The predicted octanol–water partition coefficient (Wildman–Crippen LogP) is 5.63. The normalized spacial score (nSPS) is 40.2. The molecule has 0 bridgehead atoms. The molecule has 0 amide bonds. The molecule has 1 aromatic heterocycles. The minimum absolute atomic E-state index is 0.0893. The van der Waals surface area contributed by atoms with Gasteiger partial charge >= 0.3 is 0 Å². The first-order valence-corrected chi connectivity index (χ1v) is 13.0. The number of rotatable bonds is 2. The third-order valence-electron chi connectivity index (χ3n) is 9.85. The first-order valence-electron chi connectivity index (χ1n) is 12.2. The van der Waals surface area contributed by atoms with Crippen LogP contribution in [-0.2, 0) is 11.2 Å². The average molecular weight is 452 g/mol. The Morgan fingerprint density at radius 1 is 1.09 bits per heavy atom. The number of benzene rings is 1. The highest BCUT2D eigenvalue weighted by Crippen LogP contribution is 2.67. The van der Waals surface area contributed by atoms with Crippen LogP contribution in [0.5, 0.6) is 5.75 Å². The molecular formula is C27H33NO3S. The molecule has 1 heterocycles. The molecule has 6 rings (SSSR count). The fourth-order valence-corrected chi connectivity index (χ4v) is 9.57. The van der Waals surface area contributed by atoms with E-state index in [-0.39, 0.29) is 22.9 Å². The van der Waals surface area contributed by atoms with Crippen LogP contribution in [0.2, 0.25) is 0 Å². The van der Waals surface area contributed by atoms with Gasteiger partial charge in [-0.2, -0.15) is 0 Å². The van der Waals surface area contributed by atoms with Crippen molar-refractivity contribution < 1.29 is 14.6 Å². The zero-order valence-electron chi connectivity index (χ0n) is 19.3. The van der Waals surface area contributed by atoms with E-state index in [0.717, 1.165) is 61.3 Å². The maximum absolute atomic E-state index is 12.7. The maximum atomic E-state index is 12.7. The fourth-order valence-electron chi connectivity index (χ4n) is 8.14. The number of Topliss-reactive ketones (excluding diaryl/α,β-unsaturated/α-hetero) is 1. The number of hydrogen-bond donors (Lipinski definition) is 1. The Labute approximate surface area is 194 Å². The van der Waals surface area contributed by atoms with Crippen LogP contribution < -0.4 is 4.74 Å². The number of carbonyl (C=O) groups excluding carboxylic acids is 1. The lowest BCUT2D eigenvalue weighted by Gasteiger charge is -2.60. The van der Waals surface area contributed by atoms with Gasteiger partial charge in [-0.15, -0.1) is 11.3 Å². The largest absolute Gasteiger partial charge is 0.497 e. The molecule has 1 aromatic carbocycles. The molecule has 3 fully saturated rings. The number of ketones is 1. The number of aliphatic hydroxyl groups excluding tert-OH is 1. The van der Waals surface area contributed by atoms with Crippen molar-refractivity contribution in [3.05, 3.63) is 34.8 Å². The minimum atomic E-state index is -0.345. The van der Waals surface area contributed by atoms with Crippen LogP contribution in [0.25, 0.3) is 10.6 Å². The van der Waals surface area contributed by atoms with Crippen LogP contribution in [0.3, 0.4) is 0 Å². The molecule has 4 aliphatic carbocycles. The van der Waals surface area contributed by atoms with E-state index in [1.54, 1.807) is 18.4 Å². The van der Waals surface area contributed by atoms with Gasteiger partial charge in [0.25, 0.3) is 0 Å². The molecule has 1 N–H and O–H groups in total. The van der Waals surface area contributed by atoms with Gasteiger partial charge in [-0.25, -0.2) is 4.98 Å². The Morgan fingerprint density at radius 3 is 2.62 bits per heavy atom. The predicted molar refractivity (Wildman–Crippen MR) is 126 cm³/mol. The highest BCUT2D eigenvalue weighted by atomic mass is 32.1. The fraction of sp³-hybridized carbons (Fsp3) is 0.630. The Hall–Kier alpha value is -1.72. The highest BCUT2D eigenvalue weighted by molar-refractivity contribution is 7.15. The molecule has 0 radical (unpaired) electrons. The van der Waals surface area contributed by atoms with Crippen LogP contribution in [0.4, 0.5) is 0 Å². The van der Waals surface area contributed by atoms with E-state index in [1.807, 2.05) is 12.1 Å². The Kier molecular flexibility index (Phi) is 4.65. The number of thiazole rings is 1. The average Bonchev–Trinajstić information content (AvgIpc) is 3.34. The summed E-state index contributed by atoms with van der Waals surface area (Å²) in [6.07, 6.45) is 6.50. The van der Waals surface area contributed by atoms with Crippen molar-refractivity contribution in [2.45, 2.75) is 70.8 Å². The van der Waals surface area contributed by atoms with Crippen LogP contribution in [-0.4, -0.2) is 29.1 Å². The monoisotopic (exact) mass is 451 g/mol. The number of aromatic nitrogens is 1. The third-order valence-corrected chi connectivity index (χ3v) is 11.1. The number of carbonyl (C=O) groups is 1. The summed E-state index contributed by atoms with van der Waals surface area (Å²) in [4.78, 5) is 19.1. The van der Waals surface area contributed by atoms with E-state index in [2.05, 4.69) is 26.0 Å². The molecule has 7 atom stereocenters. The second kappa shape index (κ2) is 7.14. The smallest absolute Gasteiger partial charge is 0.139 e. The molecule has 32 heavy (non-hydrogen) atoms. The number of methoxy groups -OCH3 is 1. The summed E-state index contributed by atoms with van der Waals surface area (Å²) in [5.74, 6) is 3.02. The molecular weight excluding hydrogens is 418 g/mol. The van der Waals surface area contributed by atoms with E-state index in [1.165, 1.54) is 10.6 Å². The quantitative estimate of drug-likeness (QED) is 0.643. The molecule has 0 spiro atoms. The van der Waals surface area contributed by atoms with Gasteiger partial charge in [-0.05, 0) is 86.0 Å². The number of aliphatic hydroxyl groups is 1. The topological polar surface area (TPSA) is 59.4 Å². The first-order chi connectivity index (χ1) is 15.3. The van der Waals surface area contributed by atoms with Crippen molar-refractivity contribution >= 4 is 17.1 Å². The van der Waals surface area contributed by atoms with Gasteiger partial charge in [0.2, 0.25) is 0 Å². The summed E-state index contributed by atoms with van der Waals surface area (Å²) in [5, 5.41) is 12.6. The zero-order chi connectivity index (χ0) is 22.3. The molecule has 0 aliphatic heterocycles. The van der Waals surface area contributed by atoms with Crippen molar-refractivity contribution in [2.75, 3.05) is 7.11 Å². The number of aryl methyl sites for hydroxylation is 1. The lowest BCUT2D eigenvalue weighted by atomic mass is 9.45. The second-order valence-corrected chi connectivity index (χ2v) is 12.2. The van der Waals surface area contributed by atoms with Crippen molar-refractivity contribution in [1.29, 1.82) is 0 Å². The molecule has 2 aromatic rings. The molecule has 0 saturated heterocycles. The summed E-state index contributed by atoms with van der Waals surface area (Å²) in [6, 6.07) is 8.13. The van der Waals surface area contributed by atoms with E-state index in [4.69, 9.17) is 9.72 Å². The summed E-state index contributed by atoms with van der Waals surface area (Å²) in [7, 11) is 1.69.